The lowest BCUT2D eigenvalue weighted by Gasteiger charge is -2.07. The standard InChI is InChI=1S/C23H16N4/c1-26-17-9-4-2-7-15(17)23-19(26)12-13-21(25-23)27-18-10-5-3-8-16(18)22-20(27)11-6-14-24-22/h2-14H,1H3. The molecule has 0 radical (unpaired) electrons. The molecule has 0 aliphatic rings. The third-order valence-electron chi connectivity index (χ3n) is 5.40. The molecular weight excluding hydrogens is 332 g/mol. The van der Waals surface area contributed by atoms with E-state index < -0.39 is 0 Å². The minimum atomic E-state index is 0.915. The van der Waals surface area contributed by atoms with Crippen LogP contribution in [0.1, 0.15) is 0 Å². The zero-order valence-electron chi connectivity index (χ0n) is 14.8. The topological polar surface area (TPSA) is 35.6 Å². The van der Waals surface area contributed by atoms with Gasteiger partial charge in [0.05, 0.1) is 33.1 Å². The fourth-order valence-corrected chi connectivity index (χ4v) is 4.16. The van der Waals surface area contributed by atoms with Crippen molar-refractivity contribution < 1.29 is 0 Å². The highest BCUT2D eigenvalue weighted by Gasteiger charge is 2.15. The van der Waals surface area contributed by atoms with Gasteiger partial charge in [0.1, 0.15) is 5.82 Å². The Kier molecular flexibility index (Phi) is 2.78. The second-order valence-electron chi connectivity index (χ2n) is 6.84. The van der Waals surface area contributed by atoms with E-state index in [0.29, 0.717) is 0 Å². The van der Waals surface area contributed by atoms with Gasteiger partial charge in [0, 0.05) is 24.0 Å². The van der Waals surface area contributed by atoms with Crippen LogP contribution in [0.15, 0.2) is 79.0 Å². The van der Waals surface area contributed by atoms with Gasteiger partial charge < -0.3 is 4.57 Å². The largest absolute Gasteiger partial charge is 0.342 e. The van der Waals surface area contributed by atoms with Crippen LogP contribution in [0.25, 0.3) is 49.7 Å². The van der Waals surface area contributed by atoms with E-state index in [1.165, 1.54) is 10.9 Å². The van der Waals surface area contributed by atoms with Gasteiger partial charge in [-0.25, -0.2) is 4.98 Å². The normalized spacial score (nSPS) is 11.9. The van der Waals surface area contributed by atoms with Crippen LogP contribution < -0.4 is 0 Å². The van der Waals surface area contributed by atoms with Crippen LogP contribution >= 0.6 is 0 Å². The number of fused-ring (bicyclic) bond motifs is 6. The minimum Gasteiger partial charge on any atom is -0.342 e. The number of hydrogen-bond acceptors (Lipinski definition) is 2. The van der Waals surface area contributed by atoms with Crippen molar-refractivity contribution in [3.8, 4) is 5.82 Å². The summed E-state index contributed by atoms with van der Waals surface area (Å²) >= 11 is 0. The van der Waals surface area contributed by atoms with Crippen molar-refractivity contribution in [2.75, 3.05) is 0 Å². The number of aromatic nitrogens is 4. The average Bonchev–Trinajstić information content (AvgIpc) is 3.21. The van der Waals surface area contributed by atoms with Gasteiger partial charge in [-0.3, -0.25) is 9.55 Å². The van der Waals surface area contributed by atoms with Gasteiger partial charge in [-0.15, -0.1) is 0 Å². The predicted molar refractivity (Wildman–Crippen MR) is 110 cm³/mol. The molecule has 0 amide bonds. The highest BCUT2D eigenvalue weighted by atomic mass is 15.1. The van der Waals surface area contributed by atoms with Crippen molar-refractivity contribution in [1.82, 2.24) is 19.1 Å². The summed E-state index contributed by atoms with van der Waals surface area (Å²) in [7, 11) is 2.09. The van der Waals surface area contributed by atoms with E-state index in [1.54, 1.807) is 0 Å². The van der Waals surface area contributed by atoms with Crippen molar-refractivity contribution >= 4 is 43.9 Å². The highest BCUT2D eigenvalue weighted by Crippen LogP contribution is 2.32. The Bertz CT molecular complexity index is 1430. The average molecular weight is 348 g/mol. The van der Waals surface area contributed by atoms with E-state index in [2.05, 4.69) is 87.9 Å². The Labute approximate surface area is 155 Å². The fraction of sp³-hybridized carbons (Fsp3) is 0.0435. The molecular formula is C23H16N4. The molecule has 0 saturated carbocycles. The molecule has 0 spiro atoms. The second-order valence-corrected chi connectivity index (χ2v) is 6.84. The SMILES string of the molecule is Cn1c2ccccc2c2nc(-n3c4ccccc4c4ncccc43)ccc21. The molecule has 0 aliphatic carbocycles. The van der Waals surface area contributed by atoms with Crippen LogP contribution in [0, 0.1) is 0 Å². The van der Waals surface area contributed by atoms with Crippen LogP contribution in [0.2, 0.25) is 0 Å². The Hall–Kier alpha value is -3.66. The first-order valence-electron chi connectivity index (χ1n) is 9.01. The Balaban J connectivity index is 1.77. The number of benzene rings is 2. The van der Waals surface area contributed by atoms with Gasteiger partial charge in [0.2, 0.25) is 0 Å². The summed E-state index contributed by atoms with van der Waals surface area (Å²) < 4.78 is 4.41. The smallest absolute Gasteiger partial charge is 0.138 e. The van der Waals surface area contributed by atoms with Crippen LogP contribution in [0.5, 0.6) is 0 Å². The first-order chi connectivity index (χ1) is 13.3. The monoisotopic (exact) mass is 348 g/mol. The number of hydrogen-bond donors (Lipinski definition) is 0. The summed E-state index contributed by atoms with van der Waals surface area (Å²) in [6.07, 6.45) is 1.85. The molecule has 0 saturated heterocycles. The molecule has 0 aliphatic heterocycles. The number of rotatable bonds is 1. The van der Waals surface area contributed by atoms with Gasteiger partial charge in [-0.2, -0.15) is 0 Å². The molecule has 4 nitrogen and oxygen atoms in total. The number of pyridine rings is 2. The Morgan fingerprint density at radius 1 is 0.630 bits per heavy atom. The zero-order valence-corrected chi connectivity index (χ0v) is 14.8. The van der Waals surface area contributed by atoms with E-state index >= 15 is 0 Å². The van der Waals surface area contributed by atoms with E-state index in [0.717, 1.165) is 38.8 Å². The lowest BCUT2D eigenvalue weighted by Crippen LogP contribution is -1.97. The van der Waals surface area contributed by atoms with Gasteiger partial charge in [0.25, 0.3) is 0 Å². The van der Waals surface area contributed by atoms with E-state index in [-0.39, 0.29) is 0 Å². The molecule has 6 rings (SSSR count). The molecule has 0 N–H and O–H groups in total. The molecule has 6 aromatic rings. The molecule has 4 heterocycles. The Morgan fingerprint density at radius 3 is 2.19 bits per heavy atom. The van der Waals surface area contributed by atoms with Crippen LogP contribution in [-0.4, -0.2) is 19.1 Å². The maximum Gasteiger partial charge on any atom is 0.138 e. The summed E-state index contributed by atoms with van der Waals surface area (Å²) in [5.41, 5.74) is 6.57. The fourth-order valence-electron chi connectivity index (χ4n) is 4.16. The predicted octanol–water partition coefficient (Wildman–Crippen LogP) is 5.22. The molecule has 128 valence electrons. The lowest BCUT2D eigenvalue weighted by molar-refractivity contribution is 1.01. The van der Waals surface area contributed by atoms with Crippen molar-refractivity contribution in [3.63, 3.8) is 0 Å². The number of para-hydroxylation sites is 2. The van der Waals surface area contributed by atoms with Gasteiger partial charge in [0.15, 0.2) is 0 Å². The molecule has 0 unspecified atom stereocenters. The summed E-state index contributed by atoms with van der Waals surface area (Å²) in [5, 5.41) is 2.32. The quantitative estimate of drug-likeness (QED) is 0.408. The molecule has 4 aromatic heterocycles. The van der Waals surface area contributed by atoms with Crippen LogP contribution in [-0.2, 0) is 7.05 Å². The molecule has 4 heteroatoms. The van der Waals surface area contributed by atoms with Crippen LogP contribution in [0.3, 0.4) is 0 Å². The molecule has 27 heavy (non-hydrogen) atoms. The first kappa shape index (κ1) is 14.5. The molecule has 0 bridgehead atoms. The van der Waals surface area contributed by atoms with E-state index in [4.69, 9.17) is 4.98 Å². The molecule has 0 fully saturated rings. The van der Waals surface area contributed by atoms with Gasteiger partial charge >= 0.3 is 0 Å². The first-order valence-corrected chi connectivity index (χ1v) is 9.01. The summed E-state index contributed by atoms with van der Waals surface area (Å²) in [5.74, 6) is 0.915. The highest BCUT2D eigenvalue weighted by molar-refractivity contribution is 6.08. The third kappa shape index (κ3) is 1.87. The summed E-state index contributed by atoms with van der Waals surface area (Å²) in [4.78, 5) is 9.70. The number of nitrogens with zero attached hydrogens (tertiary/aromatic N) is 4. The number of aryl methyl sites for hydroxylation is 1. The Morgan fingerprint density at radius 2 is 1.33 bits per heavy atom. The van der Waals surface area contributed by atoms with E-state index in [1.807, 2.05) is 12.3 Å². The maximum absolute atomic E-state index is 5.08. The van der Waals surface area contributed by atoms with Crippen molar-refractivity contribution in [2.45, 2.75) is 0 Å². The van der Waals surface area contributed by atoms with E-state index in [9.17, 15) is 0 Å². The lowest BCUT2D eigenvalue weighted by atomic mass is 10.2. The van der Waals surface area contributed by atoms with Gasteiger partial charge in [-0.1, -0.05) is 36.4 Å². The van der Waals surface area contributed by atoms with Crippen molar-refractivity contribution in [2.24, 2.45) is 7.05 Å². The summed E-state index contributed by atoms with van der Waals surface area (Å²) in [6, 6.07) is 25.1. The second kappa shape index (κ2) is 5.17. The molecule has 0 atom stereocenters. The summed E-state index contributed by atoms with van der Waals surface area (Å²) in [6.45, 7) is 0. The third-order valence-corrected chi connectivity index (χ3v) is 5.40. The minimum absolute atomic E-state index is 0.915. The van der Waals surface area contributed by atoms with Crippen LogP contribution in [0.4, 0.5) is 0 Å². The van der Waals surface area contributed by atoms with Crippen molar-refractivity contribution in [1.29, 1.82) is 0 Å². The zero-order chi connectivity index (χ0) is 18.0. The maximum atomic E-state index is 5.08. The van der Waals surface area contributed by atoms with Gasteiger partial charge in [-0.05, 0) is 36.4 Å². The van der Waals surface area contributed by atoms with Crippen molar-refractivity contribution in [3.05, 3.63) is 79.0 Å². The molecule has 2 aromatic carbocycles.